The number of benzene rings is 1. The molecule has 2 aromatic rings. The van der Waals surface area contributed by atoms with Crippen LogP contribution >= 0.6 is 0 Å². The van der Waals surface area contributed by atoms with E-state index in [-0.39, 0.29) is 17.1 Å². The quantitative estimate of drug-likeness (QED) is 0.348. The summed E-state index contributed by atoms with van der Waals surface area (Å²) in [4.78, 5) is 21.7. The summed E-state index contributed by atoms with van der Waals surface area (Å²) in [5, 5.41) is 14.6. The number of rotatable bonds is 6. The van der Waals surface area contributed by atoms with E-state index in [9.17, 15) is 14.9 Å². The second-order valence-corrected chi connectivity index (χ2v) is 4.82. The third-order valence-corrected chi connectivity index (χ3v) is 3.10. The zero-order chi connectivity index (χ0) is 17.5. The van der Waals surface area contributed by atoms with E-state index in [0.717, 1.165) is 11.1 Å². The maximum atomic E-state index is 11.2. The van der Waals surface area contributed by atoms with Crippen molar-refractivity contribution >= 4 is 29.9 Å². The lowest BCUT2D eigenvalue weighted by Gasteiger charge is -1.97. The molecule has 0 spiro atoms. The molecule has 0 unspecified atom stereocenters. The number of aryl methyl sites for hydroxylation is 1. The predicted octanol–water partition coefficient (Wildman–Crippen LogP) is 3.64. The standard InChI is InChI=1S/C17H16N2O5/c1-3-23-16(20)11-9-14-6-4-13(5-7-14)8-10-15-17(19(21)22)12(2)18-24-15/h4-11H,3H2,1-2H3. The Morgan fingerprint density at radius 2 is 1.88 bits per heavy atom. The molecular formula is C17H16N2O5. The molecule has 0 saturated heterocycles. The molecule has 0 amide bonds. The highest BCUT2D eigenvalue weighted by atomic mass is 16.6. The molecule has 0 aliphatic carbocycles. The Bertz CT molecular complexity index is 788. The van der Waals surface area contributed by atoms with Crippen LogP contribution in [0.25, 0.3) is 18.2 Å². The summed E-state index contributed by atoms with van der Waals surface area (Å²) < 4.78 is 9.75. The summed E-state index contributed by atoms with van der Waals surface area (Å²) in [6.45, 7) is 3.59. The molecule has 24 heavy (non-hydrogen) atoms. The summed E-state index contributed by atoms with van der Waals surface area (Å²) in [5.41, 5.74) is 1.76. The van der Waals surface area contributed by atoms with Crippen LogP contribution in [-0.4, -0.2) is 22.7 Å². The van der Waals surface area contributed by atoms with Gasteiger partial charge in [-0.05, 0) is 37.1 Å². The number of ether oxygens (including phenoxy) is 1. The van der Waals surface area contributed by atoms with Crippen LogP contribution in [-0.2, 0) is 9.53 Å². The van der Waals surface area contributed by atoms with Crippen LogP contribution in [0.4, 0.5) is 5.69 Å². The number of carbonyl (C=O) groups is 1. The molecule has 7 heteroatoms. The average Bonchev–Trinajstić information content (AvgIpc) is 2.93. The van der Waals surface area contributed by atoms with E-state index in [2.05, 4.69) is 5.16 Å². The second-order valence-electron chi connectivity index (χ2n) is 4.82. The molecule has 0 aliphatic heterocycles. The van der Waals surface area contributed by atoms with Gasteiger partial charge in [-0.2, -0.15) is 0 Å². The van der Waals surface area contributed by atoms with Gasteiger partial charge in [-0.15, -0.1) is 0 Å². The van der Waals surface area contributed by atoms with Gasteiger partial charge in [0.1, 0.15) is 0 Å². The predicted molar refractivity (Wildman–Crippen MR) is 88.9 cm³/mol. The molecule has 2 rings (SSSR count). The van der Waals surface area contributed by atoms with Crippen molar-refractivity contribution in [2.75, 3.05) is 6.61 Å². The number of hydrogen-bond donors (Lipinski definition) is 0. The van der Waals surface area contributed by atoms with Gasteiger partial charge < -0.3 is 9.26 Å². The van der Waals surface area contributed by atoms with Gasteiger partial charge in [0, 0.05) is 6.08 Å². The van der Waals surface area contributed by atoms with Crippen LogP contribution in [0.1, 0.15) is 29.5 Å². The van der Waals surface area contributed by atoms with E-state index in [1.54, 1.807) is 19.1 Å². The molecule has 0 fully saturated rings. The minimum atomic E-state index is -0.519. The summed E-state index contributed by atoms with van der Waals surface area (Å²) >= 11 is 0. The van der Waals surface area contributed by atoms with Crippen LogP contribution in [0.3, 0.4) is 0 Å². The van der Waals surface area contributed by atoms with E-state index < -0.39 is 10.9 Å². The Kier molecular flexibility index (Phi) is 5.62. The third kappa shape index (κ3) is 4.39. The Balaban J connectivity index is 2.09. The van der Waals surface area contributed by atoms with Gasteiger partial charge in [0.05, 0.1) is 11.5 Å². The number of hydrogen-bond acceptors (Lipinski definition) is 6. The molecule has 1 aromatic carbocycles. The van der Waals surface area contributed by atoms with Crippen LogP contribution in [0.15, 0.2) is 34.9 Å². The minimum Gasteiger partial charge on any atom is -0.463 e. The Hall–Kier alpha value is -3.22. The summed E-state index contributed by atoms with van der Waals surface area (Å²) in [5.74, 6) is -0.293. The van der Waals surface area contributed by atoms with Gasteiger partial charge in [0.15, 0.2) is 5.69 Å². The maximum Gasteiger partial charge on any atom is 0.338 e. The third-order valence-electron chi connectivity index (χ3n) is 3.10. The van der Waals surface area contributed by atoms with E-state index in [1.165, 1.54) is 19.1 Å². The molecule has 0 bridgehead atoms. The van der Waals surface area contributed by atoms with Gasteiger partial charge in [-0.25, -0.2) is 4.79 Å². The van der Waals surface area contributed by atoms with Crippen molar-refractivity contribution in [2.24, 2.45) is 0 Å². The van der Waals surface area contributed by atoms with Crippen LogP contribution in [0.5, 0.6) is 0 Å². The molecule has 7 nitrogen and oxygen atoms in total. The molecule has 0 aliphatic rings. The first kappa shape index (κ1) is 17.1. The van der Waals surface area contributed by atoms with Crippen molar-refractivity contribution in [2.45, 2.75) is 13.8 Å². The first-order valence-corrected chi connectivity index (χ1v) is 7.25. The van der Waals surface area contributed by atoms with Gasteiger partial charge in [-0.3, -0.25) is 10.1 Å². The van der Waals surface area contributed by atoms with Crippen molar-refractivity contribution in [1.29, 1.82) is 0 Å². The lowest BCUT2D eigenvalue weighted by molar-refractivity contribution is -0.386. The molecule has 0 radical (unpaired) electrons. The van der Waals surface area contributed by atoms with Gasteiger partial charge in [0.2, 0.25) is 5.76 Å². The Morgan fingerprint density at radius 3 is 2.46 bits per heavy atom. The number of nitrogens with zero attached hydrogens (tertiary/aromatic N) is 2. The van der Waals surface area contributed by atoms with Crippen molar-refractivity contribution in [3.63, 3.8) is 0 Å². The summed E-state index contributed by atoms with van der Waals surface area (Å²) in [6.07, 6.45) is 6.19. The summed E-state index contributed by atoms with van der Waals surface area (Å²) in [7, 11) is 0. The first-order valence-electron chi connectivity index (χ1n) is 7.25. The van der Waals surface area contributed by atoms with E-state index >= 15 is 0 Å². The molecule has 1 heterocycles. The molecule has 0 N–H and O–H groups in total. The summed E-state index contributed by atoms with van der Waals surface area (Å²) in [6, 6.07) is 7.26. The zero-order valence-electron chi connectivity index (χ0n) is 13.3. The van der Waals surface area contributed by atoms with Crippen LogP contribution in [0.2, 0.25) is 0 Å². The number of aromatic nitrogens is 1. The van der Waals surface area contributed by atoms with E-state index in [1.807, 2.05) is 24.3 Å². The van der Waals surface area contributed by atoms with Crippen molar-refractivity contribution < 1.29 is 19.0 Å². The molecule has 1 aromatic heterocycles. The monoisotopic (exact) mass is 328 g/mol. The second kappa shape index (κ2) is 7.87. The van der Waals surface area contributed by atoms with E-state index in [4.69, 9.17) is 9.26 Å². The van der Waals surface area contributed by atoms with Crippen LogP contribution in [0, 0.1) is 17.0 Å². The van der Waals surface area contributed by atoms with Crippen LogP contribution < -0.4 is 0 Å². The number of esters is 1. The van der Waals surface area contributed by atoms with Gasteiger partial charge in [-0.1, -0.05) is 35.5 Å². The first-order chi connectivity index (χ1) is 11.5. The number of nitro groups is 1. The van der Waals surface area contributed by atoms with Crippen molar-refractivity contribution in [3.8, 4) is 0 Å². The largest absolute Gasteiger partial charge is 0.463 e. The Morgan fingerprint density at radius 1 is 1.25 bits per heavy atom. The van der Waals surface area contributed by atoms with E-state index in [0.29, 0.717) is 6.61 Å². The highest BCUT2D eigenvalue weighted by molar-refractivity contribution is 5.87. The fraction of sp³-hybridized carbons (Fsp3) is 0.176. The normalized spacial score (nSPS) is 11.2. The fourth-order valence-corrected chi connectivity index (χ4v) is 1.96. The zero-order valence-corrected chi connectivity index (χ0v) is 13.3. The Labute approximate surface area is 138 Å². The minimum absolute atomic E-state index is 0.101. The van der Waals surface area contributed by atoms with Crippen molar-refractivity contribution in [3.05, 3.63) is 63.0 Å². The average molecular weight is 328 g/mol. The topological polar surface area (TPSA) is 95.5 Å². The lowest BCUT2D eigenvalue weighted by atomic mass is 10.1. The fourth-order valence-electron chi connectivity index (χ4n) is 1.96. The highest BCUT2D eigenvalue weighted by Gasteiger charge is 2.21. The lowest BCUT2D eigenvalue weighted by Crippen LogP contribution is -1.98. The molecule has 0 atom stereocenters. The molecular weight excluding hydrogens is 312 g/mol. The SMILES string of the molecule is CCOC(=O)C=Cc1ccc(C=Cc2onc(C)c2[N+](=O)[O-])cc1. The van der Waals surface area contributed by atoms with Gasteiger partial charge in [0.25, 0.3) is 0 Å². The maximum absolute atomic E-state index is 11.2. The highest BCUT2D eigenvalue weighted by Crippen LogP contribution is 2.24. The van der Waals surface area contributed by atoms with Gasteiger partial charge >= 0.3 is 11.7 Å². The smallest absolute Gasteiger partial charge is 0.338 e. The van der Waals surface area contributed by atoms with Crippen molar-refractivity contribution in [1.82, 2.24) is 5.16 Å². The molecule has 124 valence electrons. The number of carbonyl (C=O) groups excluding carboxylic acids is 1. The molecule has 0 saturated carbocycles.